The molecular weight excluding hydrogens is 316 g/mol. The zero-order chi connectivity index (χ0) is 18.0. The van der Waals surface area contributed by atoms with E-state index in [-0.39, 0.29) is 11.9 Å². The number of hydrogen-bond donors (Lipinski definition) is 0. The van der Waals surface area contributed by atoms with Gasteiger partial charge in [0.05, 0.1) is 6.04 Å². The van der Waals surface area contributed by atoms with E-state index in [4.69, 9.17) is 0 Å². The molecule has 1 unspecified atom stereocenters. The lowest BCUT2D eigenvalue weighted by atomic mass is 10.0. The highest BCUT2D eigenvalue weighted by molar-refractivity contribution is 5.92. The number of rotatable bonds is 4. The number of carbonyl (C=O) groups excluding carboxylic acids is 1. The van der Waals surface area contributed by atoms with Crippen molar-refractivity contribution in [2.24, 2.45) is 0 Å². The third-order valence-electron chi connectivity index (χ3n) is 4.62. The maximum absolute atomic E-state index is 12.8. The van der Waals surface area contributed by atoms with Crippen LogP contribution in [0.4, 0.5) is 5.82 Å². The van der Waals surface area contributed by atoms with Crippen molar-refractivity contribution in [1.29, 1.82) is 0 Å². The second kappa shape index (κ2) is 7.21. The number of piperidine rings is 1. The number of nitrogens with zero attached hydrogens (tertiary/aromatic N) is 6. The molecule has 25 heavy (non-hydrogen) atoms. The molecule has 1 aliphatic rings. The van der Waals surface area contributed by atoms with Gasteiger partial charge >= 0.3 is 0 Å². The van der Waals surface area contributed by atoms with Crippen molar-refractivity contribution >= 4 is 11.7 Å². The average Bonchev–Trinajstić information content (AvgIpc) is 3.11. The van der Waals surface area contributed by atoms with Crippen LogP contribution >= 0.6 is 0 Å². The maximum atomic E-state index is 12.8. The molecule has 1 fully saturated rings. The molecule has 0 bridgehead atoms. The first-order valence-electron chi connectivity index (χ1n) is 8.80. The highest BCUT2D eigenvalue weighted by Crippen LogP contribution is 2.26. The van der Waals surface area contributed by atoms with Gasteiger partial charge in [0.2, 0.25) is 0 Å². The van der Waals surface area contributed by atoms with Gasteiger partial charge in [0.15, 0.2) is 11.5 Å². The van der Waals surface area contributed by atoms with E-state index < -0.39 is 0 Å². The Kier molecular flexibility index (Phi) is 5.01. The Morgan fingerprint density at radius 3 is 2.72 bits per heavy atom. The second-order valence-electron chi connectivity index (χ2n) is 7.07. The number of anilines is 1. The van der Waals surface area contributed by atoms with Crippen LogP contribution in [-0.4, -0.2) is 57.7 Å². The van der Waals surface area contributed by atoms with E-state index >= 15 is 0 Å². The zero-order valence-corrected chi connectivity index (χ0v) is 15.4. The number of carbonyl (C=O) groups is 1. The fourth-order valence-electron chi connectivity index (χ4n) is 3.29. The summed E-state index contributed by atoms with van der Waals surface area (Å²) in [5, 5.41) is 8.22. The van der Waals surface area contributed by atoms with Crippen LogP contribution in [-0.2, 0) is 0 Å². The lowest BCUT2D eigenvalue weighted by Crippen LogP contribution is -2.41. The van der Waals surface area contributed by atoms with Crippen LogP contribution in [0.25, 0.3) is 0 Å². The smallest absolute Gasteiger partial charge is 0.274 e. The molecule has 1 aliphatic heterocycles. The monoisotopic (exact) mass is 342 g/mol. The van der Waals surface area contributed by atoms with Crippen LogP contribution < -0.4 is 4.90 Å². The van der Waals surface area contributed by atoms with E-state index in [2.05, 4.69) is 33.6 Å². The van der Waals surface area contributed by atoms with E-state index in [1.54, 1.807) is 6.07 Å². The average molecular weight is 342 g/mol. The van der Waals surface area contributed by atoms with Gasteiger partial charge in [0, 0.05) is 45.5 Å². The molecule has 0 spiro atoms. The number of aromatic nitrogens is 4. The Balaban J connectivity index is 1.74. The first-order valence-corrected chi connectivity index (χ1v) is 8.80. The molecule has 134 valence electrons. The zero-order valence-electron chi connectivity index (χ0n) is 15.4. The second-order valence-corrected chi connectivity index (χ2v) is 7.07. The lowest BCUT2D eigenvalue weighted by molar-refractivity contribution is 0.0670. The lowest BCUT2D eigenvalue weighted by Gasteiger charge is -2.34. The summed E-state index contributed by atoms with van der Waals surface area (Å²) in [7, 11) is 3.80. The minimum atomic E-state index is -0.0475. The van der Waals surface area contributed by atoms with Crippen LogP contribution in [0.15, 0.2) is 24.5 Å². The molecule has 7 nitrogen and oxygen atoms in total. The van der Waals surface area contributed by atoms with Crippen molar-refractivity contribution < 1.29 is 4.79 Å². The van der Waals surface area contributed by atoms with Crippen LogP contribution in [0.5, 0.6) is 0 Å². The van der Waals surface area contributed by atoms with Gasteiger partial charge in [-0.1, -0.05) is 13.8 Å². The standard InChI is InChI=1S/C18H26N6O/c1-13(2)17-19-9-11-24(17)14-6-5-10-23(12-14)18(25)15-7-8-16(21-20-15)22(3)4/h7-9,11,13-14H,5-6,10,12H2,1-4H3. The molecule has 1 amide bonds. The number of hydrogen-bond acceptors (Lipinski definition) is 5. The van der Waals surface area contributed by atoms with Crippen LogP contribution in [0.2, 0.25) is 0 Å². The largest absolute Gasteiger partial charge is 0.361 e. The predicted molar refractivity (Wildman–Crippen MR) is 96.8 cm³/mol. The third-order valence-corrected chi connectivity index (χ3v) is 4.62. The molecule has 3 rings (SSSR count). The van der Waals surface area contributed by atoms with E-state index in [9.17, 15) is 4.79 Å². The van der Waals surface area contributed by atoms with Crippen molar-refractivity contribution in [3.8, 4) is 0 Å². The van der Waals surface area contributed by atoms with Crippen LogP contribution in [0.1, 0.15) is 55.0 Å². The van der Waals surface area contributed by atoms with Gasteiger partial charge in [0.1, 0.15) is 5.82 Å². The summed E-state index contributed by atoms with van der Waals surface area (Å²) in [6.45, 7) is 5.74. The minimum Gasteiger partial charge on any atom is -0.361 e. The number of amides is 1. The molecule has 1 saturated heterocycles. The molecule has 2 aromatic rings. The molecule has 0 N–H and O–H groups in total. The summed E-state index contributed by atoms with van der Waals surface area (Å²) >= 11 is 0. The molecule has 7 heteroatoms. The van der Waals surface area contributed by atoms with E-state index in [1.165, 1.54) is 0 Å². The van der Waals surface area contributed by atoms with Crippen molar-refractivity contribution in [3.05, 3.63) is 36.0 Å². The van der Waals surface area contributed by atoms with Crippen molar-refractivity contribution in [3.63, 3.8) is 0 Å². The fraction of sp³-hybridized carbons (Fsp3) is 0.556. The SMILES string of the molecule is CC(C)c1nccn1C1CCCN(C(=O)c2ccc(N(C)C)nn2)C1. The number of imidazole rings is 1. The van der Waals surface area contributed by atoms with Crippen LogP contribution in [0.3, 0.4) is 0 Å². The quantitative estimate of drug-likeness (QED) is 0.853. The van der Waals surface area contributed by atoms with E-state index in [1.807, 2.05) is 42.4 Å². The summed E-state index contributed by atoms with van der Waals surface area (Å²) in [6.07, 6.45) is 5.92. The summed E-state index contributed by atoms with van der Waals surface area (Å²) in [5.74, 6) is 2.14. The third kappa shape index (κ3) is 3.65. The van der Waals surface area contributed by atoms with Gasteiger partial charge < -0.3 is 14.4 Å². The Labute approximate surface area is 148 Å². The Morgan fingerprint density at radius 1 is 1.28 bits per heavy atom. The molecule has 1 atom stereocenters. The van der Waals surface area contributed by atoms with Crippen molar-refractivity contribution in [2.45, 2.75) is 38.6 Å². The summed E-state index contributed by atoms with van der Waals surface area (Å²) in [5.41, 5.74) is 0.404. The Morgan fingerprint density at radius 2 is 2.08 bits per heavy atom. The Bertz CT molecular complexity index is 721. The van der Waals surface area contributed by atoms with Gasteiger partial charge in [-0.3, -0.25) is 4.79 Å². The number of likely N-dealkylation sites (tertiary alicyclic amines) is 1. The summed E-state index contributed by atoms with van der Waals surface area (Å²) in [4.78, 5) is 21.0. The summed E-state index contributed by atoms with van der Waals surface area (Å²) < 4.78 is 2.23. The van der Waals surface area contributed by atoms with Crippen molar-refractivity contribution in [2.75, 3.05) is 32.1 Å². The summed E-state index contributed by atoms with van der Waals surface area (Å²) in [6, 6.07) is 3.85. The first-order chi connectivity index (χ1) is 12.0. The van der Waals surface area contributed by atoms with Gasteiger partial charge in [-0.05, 0) is 25.0 Å². The van der Waals surface area contributed by atoms with Gasteiger partial charge in [-0.25, -0.2) is 4.98 Å². The van der Waals surface area contributed by atoms with E-state index in [0.717, 1.165) is 31.0 Å². The van der Waals surface area contributed by atoms with Gasteiger partial charge in [-0.15, -0.1) is 10.2 Å². The van der Waals surface area contributed by atoms with E-state index in [0.29, 0.717) is 18.2 Å². The van der Waals surface area contributed by atoms with Crippen molar-refractivity contribution in [1.82, 2.24) is 24.6 Å². The minimum absolute atomic E-state index is 0.0475. The first kappa shape index (κ1) is 17.4. The topological polar surface area (TPSA) is 67.2 Å². The normalized spacial score (nSPS) is 17.8. The predicted octanol–water partition coefficient (Wildman–Crippen LogP) is 2.34. The molecule has 0 saturated carbocycles. The highest BCUT2D eigenvalue weighted by Gasteiger charge is 2.27. The Hall–Kier alpha value is -2.44. The maximum Gasteiger partial charge on any atom is 0.274 e. The van der Waals surface area contributed by atoms with Crippen LogP contribution in [0, 0.1) is 0 Å². The molecule has 0 radical (unpaired) electrons. The van der Waals surface area contributed by atoms with Gasteiger partial charge in [0.25, 0.3) is 5.91 Å². The van der Waals surface area contributed by atoms with Gasteiger partial charge in [-0.2, -0.15) is 0 Å². The molecule has 0 aromatic carbocycles. The molecule has 2 aromatic heterocycles. The molecule has 3 heterocycles. The highest BCUT2D eigenvalue weighted by atomic mass is 16.2. The molecular formula is C18H26N6O. The molecule has 0 aliphatic carbocycles. The fourth-order valence-corrected chi connectivity index (χ4v) is 3.29.